The van der Waals surface area contributed by atoms with Crippen LogP contribution in [0.5, 0.6) is 5.75 Å². The van der Waals surface area contributed by atoms with Gasteiger partial charge in [0.2, 0.25) is 0 Å². The molecule has 7 heteroatoms. The smallest absolute Gasteiger partial charge is 0.260 e. The van der Waals surface area contributed by atoms with Crippen molar-refractivity contribution in [2.75, 3.05) is 39.8 Å². The van der Waals surface area contributed by atoms with E-state index < -0.39 is 0 Å². The summed E-state index contributed by atoms with van der Waals surface area (Å²) in [5.74, 6) is 0.392. The molecular formula is C14H19Cl2N3O2. The summed E-state index contributed by atoms with van der Waals surface area (Å²) in [4.78, 5) is 16.1. The van der Waals surface area contributed by atoms with Gasteiger partial charge in [-0.05, 0) is 19.2 Å². The Morgan fingerprint density at radius 2 is 1.95 bits per heavy atom. The number of rotatable bonds is 4. The summed E-state index contributed by atoms with van der Waals surface area (Å²) >= 11 is 12.0. The number of hydrogen-bond donors (Lipinski definition) is 1. The molecule has 0 unspecified atom stereocenters. The van der Waals surface area contributed by atoms with Gasteiger partial charge in [-0.25, -0.2) is 0 Å². The van der Waals surface area contributed by atoms with E-state index in [1.54, 1.807) is 17.0 Å². The fourth-order valence-electron chi connectivity index (χ4n) is 2.21. The van der Waals surface area contributed by atoms with E-state index in [2.05, 4.69) is 4.90 Å². The molecule has 1 aromatic rings. The van der Waals surface area contributed by atoms with Crippen LogP contribution in [-0.4, -0.2) is 55.5 Å². The van der Waals surface area contributed by atoms with Crippen molar-refractivity contribution in [3.8, 4) is 5.75 Å². The number of likely N-dealkylation sites (N-methyl/N-ethyl adjacent to an activating group) is 1. The van der Waals surface area contributed by atoms with Gasteiger partial charge in [-0.15, -0.1) is 0 Å². The molecule has 2 rings (SSSR count). The number of halogens is 2. The van der Waals surface area contributed by atoms with Gasteiger partial charge in [0.1, 0.15) is 5.75 Å². The highest BCUT2D eigenvalue weighted by molar-refractivity contribution is 6.35. The number of ether oxygens (including phenoxy) is 1. The monoisotopic (exact) mass is 331 g/mol. The van der Waals surface area contributed by atoms with Crippen molar-refractivity contribution in [1.82, 2.24) is 9.80 Å². The summed E-state index contributed by atoms with van der Waals surface area (Å²) in [6.45, 7) is 3.40. The van der Waals surface area contributed by atoms with Crippen molar-refractivity contribution in [2.24, 2.45) is 5.73 Å². The molecule has 0 aliphatic carbocycles. The van der Waals surface area contributed by atoms with Crippen molar-refractivity contribution in [3.63, 3.8) is 0 Å². The minimum absolute atomic E-state index is 0.0436. The molecule has 0 atom stereocenters. The third kappa shape index (κ3) is 4.23. The second kappa shape index (κ2) is 7.31. The molecule has 21 heavy (non-hydrogen) atoms. The fraction of sp³-hybridized carbons (Fsp3) is 0.500. The molecule has 1 aliphatic rings. The van der Waals surface area contributed by atoms with Crippen LogP contribution >= 0.6 is 23.2 Å². The molecular weight excluding hydrogens is 313 g/mol. The Bertz CT molecular complexity index is 517. The van der Waals surface area contributed by atoms with E-state index in [1.165, 1.54) is 0 Å². The minimum Gasteiger partial charge on any atom is -0.482 e. The van der Waals surface area contributed by atoms with Gasteiger partial charge in [-0.3, -0.25) is 4.79 Å². The van der Waals surface area contributed by atoms with Gasteiger partial charge in [0.15, 0.2) is 6.61 Å². The van der Waals surface area contributed by atoms with Crippen LogP contribution in [0.3, 0.4) is 0 Å². The highest BCUT2D eigenvalue weighted by Crippen LogP contribution is 2.32. The maximum absolute atomic E-state index is 12.1. The summed E-state index contributed by atoms with van der Waals surface area (Å²) in [6.07, 6.45) is 0. The minimum atomic E-state index is -0.0444. The Morgan fingerprint density at radius 1 is 1.29 bits per heavy atom. The second-order valence-corrected chi connectivity index (χ2v) is 5.90. The summed E-state index contributed by atoms with van der Waals surface area (Å²) in [7, 11) is 2.04. The van der Waals surface area contributed by atoms with Crippen LogP contribution in [0, 0.1) is 0 Å². The first-order chi connectivity index (χ1) is 10.0. The van der Waals surface area contributed by atoms with E-state index >= 15 is 0 Å². The number of nitrogens with two attached hydrogens (primary N) is 1. The Labute approximate surface area is 134 Å². The molecule has 0 aromatic heterocycles. The number of piperazine rings is 1. The molecule has 116 valence electrons. The molecule has 0 bridgehead atoms. The van der Waals surface area contributed by atoms with Crippen LogP contribution in [0.15, 0.2) is 12.1 Å². The Hall–Kier alpha value is -1.01. The zero-order chi connectivity index (χ0) is 15.4. The molecule has 1 aliphatic heterocycles. The van der Waals surface area contributed by atoms with Crippen molar-refractivity contribution in [1.29, 1.82) is 0 Å². The van der Waals surface area contributed by atoms with Gasteiger partial charge in [0.05, 0.1) is 5.02 Å². The zero-order valence-corrected chi connectivity index (χ0v) is 13.5. The highest BCUT2D eigenvalue weighted by atomic mass is 35.5. The van der Waals surface area contributed by atoms with Gasteiger partial charge in [-0.2, -0.15) is 0 Å². The van der Waals surface area contributed by atoms with E-state index in [9.17, 15) is 4.79 Å². The topological polar surface area (TPSA) is 58.8 Å². The third-order valence-corrected chi connectivity index (χ3v) is 4.00. The van der Waals surface area contributed by atoms with Crippen molar-refractivity contribution in [2.45, 2.75) is 6.54 Å². The van der Waals surface area contributed by atoms with Crippen LogP contribution in [0.2, 0.25) is 10.0 Å². The standard InChI is InChI=1S/C14H19Cl2N3O2/c1-18-2-4-19(5-3-18)13(20)9-21-14-10(8-17)6-11(15)7-12(14)16/h6-7H,2-5,8-9,17H2,1H3. The van der Waals surface area contributed by atoms with Crippen LogP contribution in [0.4, 0.5) is 0 Å². The zero-order valence-electron chi connectivity index (χ0n) is 11.9. The van der Waals surface area contributed by atoms with Crippen molar-refractivity contribution < 1.29 is 9.53 Å². The Balaban J connectivity index is 1.98. The first-order valence-electron chi connectivity index (χ1n) is 6.78. The molecule has 0 saturated carbocycles. The molecule has 1 saturated heterocycles. The van der Waals surface area contributed by atoms with Gasteiger partial charge in [0.25, 0.3) is 5.91 Å². The third-order valence-electron chi connectivity index (χ3n) is 3.50. The molecule has 1 aromatic carbocycles. The number of amides is 1. The van der Waals surface area contributed by atoms with Crippen LogP contribution in [-0.2, 0) is 11.3 Å². The Morgan fingerprint density at radius 3 is 2.57 bits per heavy atom. The molecule has 5 nitrogen and oxygen atoms in total. The Kier molecular flexibility index (Phi) is 5.70. The van der Waals surface area contributed by atoms with E-state index in [0.717, 1.165) is 26.2 Å². The van der Waals surface area contributed by atoms with E-state index in [-0.39, 0.29) is 19.1 Å². The van der Waals surface area contributed by atoms with Gasteiger partial charge >= 0.3 is 0 Å². The summed E-state index contributed by atoms with van der Waals surface area (Å²) in [5, 5.41) is 0.868. The van der Waals surface area contributed by atoms with E-state index in [4.69, 9.17) is 33.7 Å². The largest absolute Gasteiger partial charge is 0.482 e. The predicted octanol–water partition coefficient (Wildman–Crippen LogP) is 1.60. The normalized spacial score (nSPS) is 16.1. The quantitative estimate of drug-likeness (QED) is 0.910. The molecule has 0 spiro atoms. The van der Waals surface area contributed by atoms with Gasteiger partial charge in [-0.1, -0.05) is 23.2 Å². The molecule has 2 N–H and O–H groups in total. The lowest BCUT2D eigenvalue weighted by Gasteiger charge is -2.32. The van der Waals surface area contributed by atoms with E-state index in [1.807, 2.05) is 7.05 Å². The highest BCUT2D eigenvalue weighted by Gasteiger charge is 2.20. The van der Waals surface area contributed by atoms with Crippen molar-refractivity contribution in [3.05, 3.63) is 27.7 Å². The van der Waals surface area contributed by atoms with Gasteiger partial charge in [0, 0.05) is 43.3 Å². The maximum atomic E-state index is 12.1. The SMILES string of the molecule is CN1CCN(C(=O)COc2c(Cl)cc(Cl)cc2CN)CC1. The van der Waals surface area contributed by atoms with Crippen molar-refractivity contribution >= 4 is 29.1 Å². The molecule has 1 heterocycles. The first-order valence-corrected chi connectivity index (χ1v) is 7.54. The number of nitrogens with zero attached hydrogens (tertiary/aromatic N) is 2. The number of carbonyl (C=O) groups excluding carboxylic acids is 1. The lowest BCUT2D eigenvalue weighted by atomic mass is 10.2. The molecule has 1 fully saturated rings. The lowest BCUT2D eigenvalue weighted by Crippen LogP contribution is -2.48. The number of carbonyl (C=O) groups is 1. The predicted molar refractivity (Wildman–Crippen MR) is 83.9 cm³/mol. The maximum Gasteiger partial charge on any atom is 0.260 e. The molecule has 0 radical (unpaired) electrons. The lowest BCUT2D eigenvalue weighted by molar-refractivity contribution is -0.134. The first kappa shape index (κ1) is 16.4. The van der Waals surface area contributed by atoms with Gasteiger partial charge < -0.3 is 20.3 Å². The summed E-state index contributed by atoms with van der Waals surface area (Å²) in [5.41, 5.74) is 6.35. The average molecular weight is 332 g/mol. The van der Waals surface area contributed by atoms with Crippen LogP contribution < -0.4 is 10.5 Å². The van der Waals surface area contributed by atoms with Crippen LogP contribution in [0.25, 0.3) is 0 Å². The van der Waals surface area contributed by atoms with Crippen LogP contribution in [0.1, 0.15) is 5.56 Å². The summed E-state index contributed by atoms with van der Waals surface area (Å²) in [6, 6.07) is 3.28. The number of benzene rings is 1. The second-order valence-electron chi connectivity index (χ2n) is 5.05. The van der Waals surface area contributed by atoms with E-state index in [0.29, 0.717) is 21.4 Å². The summed E-state index contributed by atoms with van der Waals surface area (Å²) < 4.78 is 5.58. The molecule has 1 amide bonds. The fourth-order valence-corrected chi connectivity index (χ4v) is 2.80. The number of hydrogen-bond acceptors (Lipinski definition) is 4. The average Bonchev–Trinajstić information content (AvgIpc) is 2.46.